The van der Waals surface area contributed by atoms with Crippen LogP contribution in [0.3, 0.4) is 0 Å². The first-order chi connectivity index (χ1) is 17.7. The number of nitrogens with two attached hydrogens (primary N) is 1. The monoisotopic (exact) mass is 567 g/mol. The molecule has 1 aromatic carbocycles. The number of anilines is 1. The second-order valence-electron chi connectivity index (χ2n) is 9.64. The van der Waals surface area contributed by atoms with Crippen LogP contribution in [-0.4, -0.2) is 71.9 Å². The number of hydrogen-bond donors (Lipinski definition) is 4. The lowest BCUT2D eigenvalue weighted by atomic mass is 10.0. The highest BCUT2D eigenvalue weighted by Crippen LogP contribution is 2.31. The summed E-state index contributed by atoms with van der Waals surface area (Å²) in [5, 5.41) is 28.4. The molecule has 0 radical (unpaired) electrons. The molecule has 5 N–H and O–H groups in total. The van der Waals surface area contributed by atoms with Crippen molar-refractivity contribution in [3.63, 3.8) is 0 Å². The highest BCUT2D eigenvalue weighted by Gasteiger charge is 2.29. The van der Waals surface area contributed by atoms with Gasteiger partial charge < -0.3 is 26.2 Å². The number of carbonyl (C=O) groups is 1. The molecule has 2 unspecified atom stereocenters. The number of pyridine rings is 1. The quantitative estimate of drug-likeness (QED) is 0.278. The highest BCUT2D eigenvalue weighted by molar-refractivity contribution is 9.10. The fourth-order valence-electron chi connectivity index (χ4n) is 4.70. The van der Waals surface area contributed by atoms with Crippen LogP contribution in [0.2, 0.25) is 0 Å². The van der Waals surface area contributed by atoms with Crippen molar-refractivity contribution < 1.29 is 15.0 Å². The van der Waals surface area contributed by atoms with Gasteiger partial charge in [-0.05, 0) is 60.8 Å². The highest BCUT2D eigenvalue weighted by atomic mass is 79.9. The maximum absolute atomic E-state index is 12.3. The molecule has 2 atom stereocenters. The summed E-state index contributed by atoms with van der Waals surface area (Å²) in [5.41, 5.74) is 11.7. The van der Waals surface area contributed by atoms with Crippen LogP contribution in [0.4, 0.5) is 5.82 Å². The van der Waals surface area contributed by atoms with Crippen LogP contribution < -0.4 is 11.1 Å². The first-order valence-electron chi connectivity index (χ1n) is 12.3. The second-order valence-corrected chi connectivity index (χ2v) is 10.4. The predicted molar refractivity (Wildman–Crippen MR) is 145 cm³/mol. The molecule has 0 spiro atoms. The van der Waals surface area contributed by atoms with Crippen molar-refractivity contribution in [3.05, 3.63) is 52.4 Å². The number of nitrogen functional groups attached to an aromatic ring is 1. The van der Waals surface area contributed by atoms with Gasteiger partial charge in [0.15, 0.2) is 11.8 Å². The van der Waals surface area contributed by atoms with E-state index in [1.807, 2.05) is 18.3 Å². The summed E-state index contributed by atoms with van der Waals surface area (Å²) in [5.74, 6) is 0.0351. The predicted octanol–water partition coefficient (Wildman–Crippen LogP) is 2.42. The Balaban J connectivity index is 1.34. The summed E-state index contributed by atoms with van der Waals surface area (Å²) in [6.45, 7) is 4.97. The van der Waals surface area contributed by atoms with E-state index in [0.717, 1.165) is 40.6 Å². The molecule has 3 aromatic heterocycles. The van der Waals surface area contributed by atoms with E-state index in [4.69, 9.17) is 10.7 Å². The van der Waals surface area contributed by atoms with Crippen molar-refractivity contribution >= 4 is 44.2 Å². The molecule has 4 heterocycles. The Morgan fingerprint density at radius 1 is 1.24 bits per heavy atom. The number of carbonyl (C=O) groups excluding carboxylic acids is 1. The summed E-state index contributed by atoms with van der Waals surface area (Å²) < 4.78 is 2.31. The lowest BCUT2D eigenvalue weighted by Gasteiger charge is -2.34. The minimum absolute atomic E-state index is 0.177. The number of aromatic nitrogens is 4. The molecular weight excluding hydrogens is 538 g/mol. The first-order valence-corrected chi connectivity index (χ1v) is 13.1. The number of hydrogen-bond acceptors (Lipinski definition) is 8. The molecule has 37 heavy (non-hydrogen) atoms. The van der Waals surface area contributed by atoms with Gasteiger partial charge in [-0.1, -0.05) is 11.6 Å². The Kier molecular flexibility index (Phi) is 7.13. The van der Waals surface area contributed by atoms with Gasteiger partial charge in [0.1, 0.15) is 5.82 Å². The van der Waals surface area contributed by atoms with Gasteiger partial charge in [0.2, 0.25) is 0 Å². The van der Waals surface area contributed by atoms with Gasteiger partial charge >= 0.3 is 0 Å². The average Bonchev–Trinajstić information content (AvgIpc) is 3.32. The molecule has 194 valence electrons. The number of likely N-dealkylation sites (tertiary alicyclic amines) is 1. The van der Waals surface area contributed by atoms with Crippen LogP contribution in [-0.2, 0) is 11.3 Å². The van der Waals surface area contributed by atoms with Gasteiger partial charge in [0, 0.05) is 48.4 Å². The van der Waals surface area contributed by atoms with E-state index < -0.39 is 18.1 Å². The van der Waals surface area contributed by atoms with Crippen LogP contribution in [0.25, 0.3) is 27.7 Å². The van der Waals surface area contributed by atoms with Gasteiger partial charge in [0.25, 0.3) is 5.91 Å². The summed E-state index contributed by atoms with van der Waals surface area (Å²) in [6, 6.07) is 8.43. The number of rotatable bonds is 6. The minimum Gasteiger partial charge on any atom is -0.390 e. The van der Waals surface area contributed by atoms with Crippen molar-refractivity contribution in [2.45, 2.75) is 51.5 Å². The van der Waals surface area contributed by atoms with Crippen molar-refractivity contribution in [2.24, 2.45) is 0 Å². The number of piperidine rings is 1. The van der Waals surface area contributed by atoms with E-state index in [1.54, 1.807) is 15.6 Å². The van der Waals surface area contributed by atoms with Crippen LogP contribution >= 0.6 is 15.9 Å². The fourth-order valence-corrected chi connectivity index (χ4v) is 5.10. The van der Waals surface area contributed by atoms with E-state index in [9.17, 15) is 15.0 Å². The van der Waals surface area contributed by atoms with Crippen molar-refractivity contribution in [1.29, 1.82) is 0 Å². The number of nitrogens with zero attached hydrogens (tertiary/aromatic N) is 5. The third kappa shape index (κ3) is 5.04. The molecular formula is C26H30BrN7O3. The van der Waals surface area contributed by atoms with Crippen molar-refractivity contribution in [3.8, 4) is 11.1 Å². The first kappa shape index (κ1) is 25.5. The van der Waals surface area contributed by atoms with Crippen LogP contribution in [0.15, 0.2) is 41.1 Å². The maximum atomic E-state index is 12.3. The number of aryl methyl sites for hydroxylation is 1. The number of amides is 1. The Labute approximate surface area is 222 Å². The second kappa shape index (κ2) is 10.3. The molecule has 5 rings (SSSR count). The average molecular weight is 568 g/mol. The normalized spacial score (nSPS) is 16.4. The van der Waals surface area contributed by atoms with E-state index >= 15 is 0 Å². The van der Waals surface area contributed by atoms with Gasteiger partial charge in [-0.15, -0.1) is 0 Å². The SMILES string of the molecule is Cc1ccc2ncc(-c3cnn4c(N)c(Br)c(CNC5CCN(C(=O)C(O)C(C)O)CC5)nc34)cc2c1. The maximum Gasteiger partial charge on any atom is 0.254 e. The lowest BCUT2D eigenvalue weighted by Crippen LogP contribution is -2.50. The molecule has 1 amide bonds. The molecule has 1 fully saturated rings. The Bertz CT molecular complexity index is 1460. The molecule has 4 aromatic rings. The summed E-state index contributed by atoms with van der Waals surface area (Å²) >= 11 is 3.59. The zero-order valence-corrected chi connectivity index (χ0v) is 22.3. The molecule has 0 saturated carbocycles. The van der Waals surface area contributed by atoms with E-state index in [2.05, 4.69) is 50.4 Å². The van der Waals surface area contributed by atoms with Crippen LogP contribution in [0, 0.1) is 6.92 Å². The van der Waals surface area contributed by atoms with Gasteiger partial charge in [-0.2, -0.15) is 9.61 Å². The number of halogens is 1. The van der Waals surface area contributed by atoms with Crippen LogP contribution in [0.5, 0.6) is 0 Å². The number of benzene rings is 1. The zero-order valence-electron chi connectivity index (χ0n) is 20.7. The number of nitrogens with one attached hydrogen (secondary N) is 1. The third-order valence-electron chi connectivity index (χ3n) is 6.91. The molecule has 11 heteroatoms. The number of fused-ring (bicyclic) bond motifs is 2. The Morgan fingerprint density at radius 3 is 2.73 bits per heavy atom. The Hall–Kier alpha value is -3.12. The largest absolute Gasteiger partial charge is 0.390 e. The molecule has 1 aliphatic rings. The van der Waals surface area contributed by atoms with Crippen LogP contribution in [0.1, 0.15) is 31.0 Å². The molecule has 0 aliphatic carbocycles. The van der Waals surface area contributed by atoms with Crippen molar-refractivity contribution in [1.82, 2.24) is 29.8 Å². The summed E-state index contributed by atoms with van der Waals surface area (Å²) in [6.07, 6.45) is 2.58. The summed E-state index contributed by atoms with van der Waals surface area (Å²) in [7, 11) is 0. The molecule has 10 nitrogen and oxygen atoms in total. The number of aliphatic hydroxyl groups excluding tert-OH is 2. The van der Waals surface area contributed by atoms with Gasteiger partial charge in [-0.25, -0.2) is 4.98 Å². The van der Waals surface area contributed by atoms with Gasteiger partial charge in [0.05, 0.1) is 28.0 Å². The van der Waals surface area contributed by atoms with E-state index in [0.29, 0.717) is 35.6 Å². The van der Waals surface area contributed by atoms with Crippen molar-refractivity contribution in [2.75, 3.05) is 18.8 Å². The summed E-state index contributed by atoms with van der Waals surface area (Å²) in [4.78, 5) is 23.4. The zero-order chi connectivity index (χ0) is 26.3. The standard InChI is InChI=1S/C26H30BrN7O3/c1-14-3-4-20-16(9-14)10-17(11-30-20)19-12-31-34-24(28)22(27)21(32-25(19)34)13-29-18-5-7-33(8-6-18)26(37)23(36)15(2)35/h3-4,9-12,15,18,23,29,35-36H,5-8,13,28H2,1-2H3. The smallest absolute Gasteiger partial charge is 0.254 e. The van der Waals surface area contributed by atoms with E-state index in [1.165, 1.54) is 12.5 Å². The molecule has 1 saturated heterocycles. The minimum atomic E-state index is -1.38. The van der Waals surface area contributed by atoms with Gasteiger partial charge in [-0.3, -0.25) is 9.78 Å². The Morgan fingerprint density at radius 2 is 2.00 bits per heavy atom. The molecule has 1 aliphatic heterocycles. The lowest BCUT2D eigenvalue weighted by molar-refractivity contribution is -0.146. The molecule has 0 bridgehead atoms. The topological polar surface area (TPSA) is 142 Å². The third-order valence-corrected chi connectivity index (χ3v) is 7.78. The fraction of sp³-hybridized carbons (Fsp3) is 0.385. The van der Waals surface area contributed by atoms with E-state index in [-0.39, 0.29) is 6.04 Å². The number of aliphatic hydroxyl groups is 2.